The van der Waals surface area contributed by atoms with E-state index in [9.17, 15) is 13.5 Å². The van der Waals surface area contributed by atoms with Crippen LogP contribution in [0.4, 0.5) is 5.82 Å². The summed E-state index contributed by atoms with van der Waals surface area (Å²) in [6.45, 7) is 0.721. The molecule has 160 valence electrons. The van der Waals surface area contributed by atoms with Gasteiger partial charge in [-0.15, -0.1) is 0 Å². The van der Waals surface area contributed by atoms with Gasteiger partial charge in [0.2, 0.25) is 10.0 Å². The van der Waals surface area contributed by atoms with E-state index in [1.807, 2.05) is 36.4 Å². The number of sulfonamides is 1. The fraction of sp³-hybridized carbons (Fsp3) is 0.143. The topological polar surface area (TPSA) is 109 Å². The molecule has 8 nitrogen and oxygen atoms in total. The Labute approximate surface area is 188 Å². The number of phenols is 1. The first-order valence-corrected chi connectivity index (χ1v) is 12.1. The van der Waals surface area contributed by atoms with Crippen LogP contribution >= 0.6 is 15.9 Å². The molecule has 4 rings (SSSR count). The highest BCUT2D eigenvalue weighted by Gasteiger charge is 2.13. The number of fused-ring (bicyclic) bond motifs is 1. The lowest BCUT2D eigenvalue weighted by molar-refractivity contribution is 0.477. The molecular formula is C21H20BrN5O3S. The maximum absolute atomic E-state index is 11.3. The molecule has 31 heavy (non-hydrogen) atoms. The standard InChI is InChI=1S/C21H20BrN5O3S/c1-31(29,30)25-12-15-6-4-5-14(9-15)11-23-20-10-18(16-7-2-3-8-19(16)28)26-21-17(22)13-24-27(20)21/h2-10,13,23,25,28H,11-12H2,1H3. The van der Waals surface area contributed by atoms with Gasteiger partial charge in [-0.25, -0.2) is 18.1 Å². The predicted octanol–water partition coefficient (Wildman–Crippen LogP) is 3.53. The van der Waals surface area contributed by atoms with Gasteiger partial charge in [0.15, 0.2) is 5.65 Å². The van der Waals surface area contributed by atoms with Crippen molar-refractivity contribution in [1.82, 2.24) is 19.3 Å². The van der Waals surface area contributed by atoms with E-state index in [0.717, 1.165) is 21.9 Å². The third-order valence-electron chi connectivity index (χ3n) is 4.61. The fourth-order valence-corrected chi connectivity index (χ4v) is 3.92. The Morgan fingerprint density at radius 2 is 1.81 bits per heavy atom. The molecule has 0 aliphatic carbocycles. The SMILES string of the molecule is CS(=O)(=O)NCc1cccc(CNc2cc(-c3ccccc3O)nc3c(Br)cnn23)c1. The van der Waals surface area contributed by atoms with E-state index in [2.05, 4.69) is 36.1 Å². The Morgan fingerprint density at radius 1 is 1.06 bits per heavy atom. The van der Waals surface area contributed by atoms with Gasteiger partial charge in [0.25, 0.3) is 0 Å². The molecule has 0 unspecified atom stereocenters. The highest BCUT2D eigenvalue weighted by Crippen LogP contribution is 2.31. The molecule has 2 heterocycles. The zero-order valence-electron chi connectivity index (χ0n) is 16.6. The lowest BCUT2D eigenvalue weighted by Crippen LogP contribution is -2.21. The van der Waals surface area contributed by atoms with Gasteiger partial charge in [0.1, 0.15) is 11.6 Å². The van der Waals surface area contributed by atoms with Crippen LogP contribution in [0, 0.1) is 0 Å². The number of anilines is 1. The number of nitrogens with zero attached hydrogens (tertiary/aromatic N) is 3. The summed E-state index contributed by atoms with van der Waals surface area (Å²) in [6, 6.07) is 16.5. The van der Waals surface area contributed by atoms with Gasteiger partial charge < -0.3 is 10.4 Å². The lowest BCUT2D eigenvalue weighted by atomic mass is 10.1. The van der Waals surface area contributed by atoms with Crippen LogP contribution in [0.5, 0.6) is 5.75 Å². The van der Waals surface area contributed by atoms with Crippen LogP contribution in [-0.2, 0) is 23.1 Å². The smallest absolute Gasteiger partial charge is 0.209 e. The van der Waals surface area contributed by atoms with Crippen LogP contribution in [-0.4, -0.2) is 34.4 Å². The van der Waals surface area contributed by atoms with Gasteiger partial charge in [-0.3, -0.25) is 0 Å². The van der Waals surface area contributed by atoms with E-state index < -0.39 is 10.0 Å². The maximum Gasteiger partial charge on any atom is 0.209 e. The average Bonchev–Trinajstić information content (AvgIpc) is 3.12. The van der Waals surface area contributed by atoms with Gasteiger partial charge >= 0.3 is 0 Å². The largest absolute Gasteiger partial charge is 0.507 e. The van der Waals surface area contributed by atoms with Crippen molar-refractivity contribution in [2.24, 2.45) is 0 Å². The third kappa shape index (κ3) is 5.04. The van der Waals surface area contributed by atoms with E-state index in [1.54, 1.807) is 28.9 Å². The summed E-state index contributed by atoms with van der Waals surface area (Å²) in [7, 11) is -3.26. The first-order chi connectivity index (χ1) is 14.8. The van der Waals surface area contributed by atoms with Gasteiger partial charge in [0.05, 0.1) is 22.6 Å². The van der Waals surface area contributed by atoms with E-state index in [-0.39, 0.29) is 12.3 Å². The summed E-state index contributed by atoms with van der Waals surface area (Å²) in [4.78, 5) is 4.63. The van der Waals surface area contributed by atoms with Crippen molar-refractivity contribution in [2.45, 2.75) is 13.1 Å². The van der Waals surface area contributed by atoms with Crippen LogP contribution in [0.25, 0.3) is 16.9 Å². The highest BCUT2D eigenvalue weighted by atomic mass is 79.9. The summed E-state index contributed by atoms with van der Waals surface area (Å²) in [5.74, 6) is 0.848. The lowest BCUT2D eigenvalue weighted by Gasteiger charge is -2.12. The number of rotatable bonds is 7. The molecule has 0 saturated carbocycles. The van der Waals surface area contributed by atoms with Crippen molar-refractivity contribution in [3.05, 3.63) is 76.4 Å². The molecule has 2 aromatic carbocycles. The molecular weight excluding hydrogens is 482 g/mol. The second-order valence-corrected chi connectivity index (χ2v) is 9.73. The predicted molar refractivity (Wildman–Crippen MR) is 123 cm³/mol. The summed E-state index contributed by atoms with van der Waals surface area (Å²) in [5, 5.41) is 18.0. The molecule has 0 spiro atoms. The van der Waals surface area contributed by atoms with Crippen molar-refractivity contribution in [2.75, 3.05) is 11.6 Å². The van der Waals surface area contributed by atoms with Crippen molar-refractivity contribution < 1.29 is 13.5 Å². The summed E-state index contributed by atoms with van der Waals surface area (Å²) < 4.78 is 27.6. The molecule has 0 saturated heterocycles. The number of para-hydroxylation sites is 1. The number of phenolic OH excluding ortho intramolecular Hbond substituents is 1. The normalized spacial score (nSPS) is 11.7. The summed E-state index contributed by atoms with van der Waals surface area (Å²) >= 11 is 3.47. The molecule has 4 aromatic rings. The zero-order valence-corrected chi connectivity index (χ0v) is 19.0. The maximum atomic E-state index is 11.3. The van der Waals surface area contributed by atoms with Crippen molar-refractivity contribution in [3.8, 4) is 17.0 Å². The van der Waals surface area contributed by atoms with Crippen LogP contribution in [0.3, 0.4) is 0 Å². The number of aromatic nitrogens is 3. The first-order valence-electron chi connectivity index (χ1n) is 9.39. The molecule has 0 fully saturated rings. The van der Waals surface area contributed by atoms with Crippen LogP contribution in [0.2, 0.25) is 0 Å². The number of nitrogens with one attached hydrogen (secondary N) is 2. The van der Waals surface area contributed by atoms with E-state index in [0.29, 0.717) is 29.3 Å². The van der Waals surface area contributed by atoms with Crippen molar-refractivity contribution in [1.29, 1.82) is 0 Å². The van der Waals surface area contributed by atoms with E-state index in [1.165, 1.54) is 0 Å². The molecule has 0 radical (unpaired) electrons. The highest BCUT2D eigenvalue weighted by molar-refractivity contribution is 9.10. The van der Waals surface area contributed by atoms with E-state index in [4.69, 9.17) is 0 Å². The third-order valence-corrected chi connectivity index (χ3v) is 5.84. The monoisotopic (exact) mass is 501 g/mol. The average molecular weight is 502 g/mol. The molecule has 0 aliphatic rings. The Hall–Kier alpha value is -2.95. The minimum Gasteiger partial charge on any atom is -0.507 e. The molecule has 3 N–H and O–H groups in total. The molecule has 0 bridgehead atoms. The summed E-state index contributed by atoms with van der Waals surface area (Å²) in [6.07, 6.45) is 2.80. The van der Waals surface area contributed by atoms with Crippen LogP contribution in [0.15, 0.2) is 65.3 Å². The Balaban J connectivity index is 1.62. The minimum absolute atomic E-state index is 0.145. The number of hydrogen-bond acceptors (Lipinski definition) is 6. The van der Waals surface area contributed by atoms with Gasteiger partial charge in [-0.2, -0.15) is 9.61 Å². The van der Waals surface area contributed by atoms with Crippen molar-refractivity contribution in [3.63, 3.8) is 0 Å². The number of benzene rings is 2. The first kappa shape index (κ1) is 21.3. The molecule has 0 amide bonds. The quantitative estimate of drug-likeness (QED) is 0.357. The Kier molecular flexibility index (Phi) is 5.94. The zero-order chi connectivity index (χ0) is 22.0. The molecule has 2 aromatic heterocycles. The minimum atomic E-state index is -3.26. The molecule has 0 atom stereocenters. The van der Waals surface area contributed by atoms with E-state index >= 15 is 0 Å². The summed E-state index contributed by atoms with van der Waals surface area (Å²) in [5.41, 5.74) is 3.69. The second-order valence-electron chi connectivity index (χ2n) is 7.04. The van der Waals surface area contributed by atoms with Gasteiger partial charge in [0, 0.05) is 24.7 Å². The number of halogens is 1. The number of hydrogen-bond donors (Lipinski definition) is 3. The Bertz CT molecular complexity index is 1350. The molecule has 10 heteroatoms. The van der Waals surface area contributed by atoms with Crippen molar-refractivity contribution >= 4 is 37.4 Å². The van der Waals surface area contributed by atoms with Gasteiger partial charge in [-0.05, 0) is 39.2 Å². The molecule has 0 aliphatic heterocycles. The second kappa shape index (κ2) is 8.66. The fourth-order valence-electron chi connectivity index (χ4n) is 3.15. The Morgan fingerprint density at radius 3 is 2.55 bits per heavy atom. The number of aromatic hydroxyl groups is 1. The van der Waals surface area contributed by atoms with Gasteiger partial charge in [-0.1, -0.05) is 36.4 Å². The van der Waals surface area contributed by atoms with Crippen LogP contribution < -0.4 is 10.0 Å². The van der Waals surface area contributed by atoms with Crippen LogP contribution in [0.1, 0.15) is 11.1 Å².